The van der Waals surface area contributed by atoms with Gasteiger partial charge in [-0.2, -0.15) is 4.31 Å². The number of nitrogens with zero attached hydrogens (tertiary/aromatic N) is 3. The normalized spacial score (nSPS) is 25.6. The molecule has 4 rings (SSSR count). The Bertz CT molecular complexity index is 1060. The highest BCUT2D eigenvalue weighted by Gasteiger charge is 2.40. The van der Waals surface area contributed by atoms with Crippen LogP contribution in [0.4, 0.5) is 4.39 Å². The molecular weight excluding hydrogens is 459 g/mol. The monoisotopic (exact) mass is 494 g/mol. The maximum atomic E-state index is 13.5. The second-order valence-electron chi connectivity index (χ2n) is 9.84. The number of imidazole rings is 1. The molecule has 188 valence electrons. The zero-order valence-corrected chi connectivity index (χ0v) is 20.9. The van der Waals surface area contributed by atoms with Crippen LogP contribution in [0.25, 0.3) is 0 Å². The molecule has 0 aliphatic carbocycles. The third-order valence-electron chi connectivity index (χ3n) is 6.60. The molecule has 3 unspecified atom stereocenters. The maximum Gasteiger partial charge on any atom is 0.262 e. The molecule has 2 aliphatic rings. The fourth-order valence-electron chi connectivity index (χ4n) is 4.62. The first kappa shape index (κ1) is 25.2. The zero-order chi connectivity index (χ0) is 24.3. The Morgan fingerprint density at radius 3 is 2.65 bits per heavy atom. The lowest BCUT2D eigenvalue weighted by Crippen LogP contribution is -2.39. The first-order valence-corrected chi connectivity index (χ1v) is 13.3. The van der Waals surface area contributed by atoms with Crippen LogP contribution in [0.3, 0.4) is 0 Å². The Morgan fingerprint density at radius 2 is 1.97 bits per heavy atom. The van der Waals surface area contributed by atoms with E-state index < -0.39 is 10.0 Å². The van der Waals surface area contributed by atoms with Crippen molar-refractivity contribution in [1.82, 2.24) is 19.2 Å². The van der Waals surface area contributed by atoms with Gasteiger partial charge in [0.2, 0.25) is 0 Å². The van der Waals surface area contributed by atoms with Crippen molar-refractivity contribution in [3.63, 3.8) is 0 Å². The van der Waals surface area contributed by atoms with Crippen LogP contribution in [-0.2, 0) is 26.5 Å². The number of nitrogens with one attached hydrogen (secondary N) is 1. The minimum absolute atomic E-state index is 0.0453. The van der Waals surface area contributed by atoms with Gasteiger partial charge in [-0.1, -0.05) is 12.1 Å². The molecule has 0 radical (unpaired) electrons. The molecule has 0 bridgehead atoms. The van der Waals surface area contributed by atoms with E-state index in [1.165, 1.54) is 29.0 Å². The Balaban J connectivity index is 1.37. The van der Waals surface area contributed by atoms with Gasteiger partial charge in [0.15, 0.2) is 11.3 Å². The van der Waals surface area contributed by atoms with E-state index in [9.17, 15) is 12.8 Å². The Morgan fingerprint density at radius 1 is 1.21 bits per heavy atom. The van der Waals surface area contributed by atoms with Crippen molar-refractivity contribution < 1.29 is 22.3 Å². The van der Waals surface area contributed by atoms with Crippen molar-refractivity contribution in [3.05, 3.63) is 48.2 Å². The van der Waals surface area contributed by atoms with Crippen LogP contribution in [0, 0.1) is 5.82 Å². The summed E-state index contributed by atoms with van der Waals surface area (Å²) < 4.78 is 54.6. The third-order valence-corrected chi connectivity index (χ3v) is 8.32. The predicted molar refractivity (Wildman–Crippen MR) is 126 cm³/mol. The molecule has 0 spiro atoms. The number of halogens is 1. The number of unbranched alkanes of at least 4 members (excludes halogenated alkanes) is 1. The van der Waals surface area contributed by atoms with Gasteiger partial charge < -0.3 is 19.4 Å². The smallest absolute Gasteiger partial charge is 0.262 e. The lowest BCUT2D eigenvalue weighted by molar-refractivity contribution is -0.246. The van der Waals surface area contributed by atoms with Crippen LogP contribution < -0.4 is 5.32 Å². The first-order chi connectivity index (χ1) is 16.1. The molecule has 3 atom stereocenters. The molecule has 2 fully saturated rings. The lowest BCUT2D eigenvalue weighted by Gasteiger charge is -2.36. The van der Waals surface area contributed by atoms with Crippen molar-refractivity contribution >= 4 is 10.0 Å². The number of sulfonamides is 1. The van der Waals surface area contributed by atoms with E-state index in [-0.39, 0.29) is 34.7 Å². The molecule has 34 heavy (non-hydrogen) atoms. The molecule has 2 aliphatic heterocycles. The molecule has 1 aromatic heterocycles. The summed E-state index contributed by atoms with van der Waals surface area (Å²) in [6.45, 7) is 6.30. The van der Waals surface area contributed by atoms with Gasteiger partial charge in [-0.15, -0.1) is 0 Å². The van der Waals surface area contributed by atoms with E-state index in [2.05, 4.69) is 24.1 Å². The number of benzene rings is 1. The molecule has 1 aromatic carbocycles. The van der Waals surface area contributed by atoms with Gasteiger partial charge in [-0.05, 0) is 63.8 Å². The summed E-state index contributed by atoms with van der Waals surface area (Å²) in [5.41, 5.74) is 0.777. The Hall–Kier alpha value is -1.85. The number of hydrogen-bond acceptors (Lipinski definition) is 6. The van der Waals surface area contributed by atoms with Crippen LogP contribution in [0.1, 0.15) is 51.0 Å². The van der Waals surface area contributed by atoms with Crippen LogP contribution >= 0.6 is 0 Å². The molecule has 2 aromatic rings. The van der Waals surface area contributed by atoms with Gasteiger partial charge >= 0.3 is 0 Å². The number of aromatic nitrogens is 2. The minimum Gasteiger partial charge on any atom is -0.353 e. The SMILES string of the molecule is Cn1cnc(S(=O)(=O)N2CC(NCCCCC3OCCC(C)(C)O3)C(c3ccc(F)cc3)C2)c1. The average molecular weight is 495 g/mol. The second kappa shape index (κ2) is 10.4. The zero-order valence-electron chi connectivity index (χ0n) is 20.1. The fourth-order valence-corrected chi connectivity index (χ4v) is 6.08. The van der Waals surface area contributed by atoms with Gasteiger partial charge in [0.1, 0.15) is 5.82 Å². The molecule has 3 heterocycles. The predicted octanol–water partition coefficient (Wildman–Crippen LogP) is 3.02. The Kier molecular flexibility index (Phi) is 7.73. The largest absolute Gasteiger partial charge is 0.353 e. The van der Waals surface area contributed by atoms with Crippen molar-refractivity contribution in [2.45, 2.75) is 68.4 Å². The van der Waals surface area contributed by atoms with Gasteiger partial charge in [0.05, 0.1) is 18.5 Å². The van der Waals surface area contributed by atoms with E-state index in [4.69, 9.17) is 9.47 Å². The van der Waals surface area contributed by atoms with Crippen LogP contribution in [0.15, 0.2) is 41.8 Å². The number of rotatable bonds is 9. The topological polar surface area (TPSA) is 85.7 Å². The van der Waals surface area contributed by atoms with Crippen LogP contribution in [-0.4, -0.2) is 66.4 Å². The lowest BCUT2D eigenvalue weighted by atomic mass is 9.94. The first-order valence-electron chi connectivity index (χ1n) is 11.9. The molecule has 0 saturated carbocycles. The van der Waals surface area contributed by atoms with Gasteiger partial charge in [0.25, 0.3) is 10.0 Å². The Labute approximate surface area is 201 Å². The van der Waals surface area contributed by atoms with Crippen LogP contribution in [0.2, 0.25) is 0 Å². The minimum atomic E-state index is -3.71. The molecular formula is C24H35FN4O4S. The van der Waals surface area contributed by atoms with Gasteiger partial charge in [0, 0.05) is 38.3 Å². The molecule has 10 heteroatoms. The number of aryl methyl sites for hydroxylation is 1. The summed E-state index contributed by atoms with van der Waals surface area (Å²) in [6.07, 6.45) is 6.42. The van der Waals surface area contributed by atoms with Crippen molar-refractivity contribution in [2.75, 3.05) is 26.2 Å². The highest BCUT2D eigenvalue weighted by atomic mass is 32.2. The number of hydrogen-bond donors (Lipinski definition) is 1. The molecule has 1 N–H and O–H groups in total. The molecule has 0 amide bonds. The molecule has 2 saturated heterocycles. The van der Waals surface area contributed by atoms with Crippen LogP contribution in [0.5, 0.6) is 0 Å². The van der Waals surface area contributed by atoms with E-state index in [1.807, 2.05) is 0 Å². The summed E-state index contributed by atoms with van der Waals surface area (Å²) in [7, 11) is -1.96. The summed E-state index contributed by atoms with van der Waals surface area (Å²) in [4.78, 5) is 4.05. The summed E-state index contributed by atoms with van der Waals surface area (Å²) in [6, 6.07) is 6.25. The second-order valence-corrected chi connectivity index (χ2v) is 11.7. The maximum absolute atomic E-state index is 13.5. The highest BCUT2D eigenvalue weighted by molar-refractivity contribution is 7.89. The van der Waals surface area contributed by atoms with E-state index in [0.717, 1.165) is 44.4 Å². The average Bonchev–Trinajstić information content (AvgIpc) is 3.41. The van der Waals surface area contributed by atoms with Gasteiger partial charge in [-0.25, -0.2) is 17.8 Å². The third kappa shape index (κ3) is 6.04. The standard InChI is InChI=1S/C24H35FN4O4S/c1-24(2)11-13-32-23(33-24)6-4-5-12-26-21-15-29(34(30,31)22-16-28(3)17-27-22)14-20(21)18-7-9-19(25)10-8-18/h7-10,16-17,20-21,23,26H,4-6,11-15H2,1-3H3. The van der Waals surface area contributed by atoms with Crippen molar-refractivity contribution in [2.24, 2.45) is 7.05 Å². The number of ether oxygens (including phenoxy) is 2. The van der Waals surface area contributed by atoms with Crippen molar-refractivity contribution in [1.29, 1.82) is 0 Å². The summed E-state index contributed by atoms with van der Waals surface area (Å²) >= 11 is 0. The fraction of sp³-hybridized carbons (Fsp3) is 0.625. The highest BCUT2D eigenvalue weighted by Crippen LogP contribution is 2.31. The van der Waals surface area contributed by atoms with E-state index >= 15 is 0 Å². The van der Waals surface area contributed by atoms with Gasteiger partial charge in [-0.3, -0.25) is 0 Å². The molecule has 8 nitrogen and oxygen atoms in total. The van der Waals surface area contributed by atoms with E-state index in [1.54, 1.807) is 23.7 Å². The quantitative estimate of drug-likeness (QED) is 0.540. The van der Waals surface area contributed by atoms with E-state index in [0.29, 0.717) is 13.1 Å². The summed E-state index contributed by atoms with van der Waals surface area (Å²) in [5.74, 6) is -0.385. The van der Waals surface area contributed by atoms with Crippen molar-refractivity contribution in [3.8, 4) is 0 Å². The summed E-state index contributed by atoms with van der Waals surface area (Å²) in [5, 5.41) is 3.60.